The van der Waals surface area contributed by atoms with Crippen LogP contribution in [0.25, 0.3) is 0 Å². The van der Waals surface area contributed by atoms with Crippen molar-refractivity contribution in [2.45, 2.75) is 19.0 Å². The van der Waals surface area contributed by atoms with Crippen molar-refractivity contribution < 1.29 is 14.0 Å². The predicted octanol–water partition coefficient (Wildman–Crippen LogP) is 2.88. The van der Waals surface area contributed by atoms with Crippen LogP contribution in [0.2, 0.25) is 0 Å². The highest BCUT2D eigenvalue weighted by Crippen LogP contribution is 2.34. The lowest BCUT2D eigenvalue weighted by molar-refractivity contribution is -0.139. The molecule has 0 aliphatic carbocycles. The number of fused-ring (bicyclic) bond motifs is 1. The minimum atomic E-state index is -0.638. The Morgan fingerprint density at radius 1 is 1.07 bits per heavy atom. The first-order valence-corrected chi connectivity index (χ1v) is 10.1. The molecular weight excluding hydrogens is 374 g/mol. The zero-order chi connectivity index (χ0) is 19.3. The van der Waals surface area contributed by atoms with Gasteiger partial charge in [-0.15, -0.1) is 11.3 Å². The van der Waals surface area contributed by atoms with Crippen molar-refractivity contribution in [3.8, 4) is 0 Å². The maximum atomic E-state index is 12.3. The molecule has 0 fully saturated rings. The van der Waals surface area contributed by atoms with Crippen LogP contribution in [0.15, 0.2) is 64.6 Å². The van der Waals surface area contributed by atoms with Crippen molar-refractivity contribution in [2.75, 3.05) is 18.0 Å². The first-order valence-electron chi connectivity index (χ1n) is 9.19. The van der Waals surface area contributed by atoms with Crippen LogP contribution >= 0.6 is 11.3 Å². The zero-order valence-corrected chi connectivity index (χ0v) is 16.1. The summed E-state index contributed by atoms with van der Waals surface area (Å²) in [5.41, 5.74) is 2.42. The standard InChI is InChI=1S/C21H21N3O3S/c25-20(22-13-16-6-4-12-28-16)21(26)23-14-18(19-8-3-11-27-19)24-10-9-15-5-1-2-7-17(15)24/h1-8,11-12,18H,9-10,13-14H2,(H,22,25)(H,23,26)/t18-/m0/s1. The van der Waals surface area contributed by atoms with Crippen molar-refractivity contribution in [2.24, 2.45) is 0 Å². The number of amides is 2. The van der Waals surface area contributed by atoms with Crippen LogP contribution < -0.4 is 15.5 Å². The monoisotopic (exact) mass is 395 g/mol. The number of benzene rings is 1. The minimum Gasteiger partial charge on any atom is -0.467 e. The number of thiophene rings is 1. The number of carbonyl (C=O) groups excluding carboxylic acids is 2. The van der Waals surface area contributed by atoms with Crippen LogP contribution in [-0.4, -0.2) is 24.9 Å². The molecule has 1 aromatic carbocycles. The third-order valence-corrected chi connectivity index (χ3v) is 5.71. The van der Waals surface area contributed by atoms with Gasteiger partial charge in [0.25, 0.3) is 0 Å². The van der Waals surface area contributed by atoms with Crippen molar-refractivity contribution in [3.05, 3.63) is 76.4 Å². The molecule has 4 rings (SSSR count). The highest BCUT2D eigenvalue weighted by Gasteiger charge is 2.29. The van der Waals surface area contributed by atoms with Crippen LogP contribution in [0.5, 0.6) is 0 Å². The first-order chi connectivity index (χ1) is 13.7. The molecule has 7 heteroatoms. The van der Waals surface area contributed by atoms with Gasteiger partial charge in [0.1, 0.15) is 11.8 Å². The molecule has 144 valence electrons. The lowest BCUT2D eigenvalue weighted by Gasteiger charge is -2.29. The number of nitrogens with zero attached hydrogens (tertiary/aromatic N) is 1. The van der Waals surface area contributed by atoms with Gasteiger partial charge in [0.05, 0.1) is 12.8 Å². The number of hydrogen-bond donors (Lipinski definition) is 2. The molecule has 3 aromatic rings. The van der Waals surface area contributed by atoms with E-state index in [0.29, 0.717) is 6.54 Å². The Labute approximate surface area is 167 Å². The van der Waals surface area contributed by atoms with E-state index in [9.17, 15) is 9.59 Å². The number of para-hydroxylation sites is 1. The summed E-state index contributed by atoms with van der Waals surface area (Å²) in [6.07, 6.45) is 2.57. The summed E-state index contributed by atoms with van der Waals surface area (Å²) in [5, 5.41) is 7.34. The molecule has 0 spiro atoms. The molecule has 0 bridgehead atoms. The van der Waals surface area contributed by atoms with E-state index in [1.165, 1.54) is 16.9 Å². The smallest absolute Gasteiger partial charge is 0.309 e. The van der Waals surface area contributed by atoms with E-state index in [1.54, 1.807) is 6.26 Å². The summed E-state index contributed by atoms with van der Waals surface area (Å²) in [5.74, 6) is -0.509. The second kappa shape index (κ2) is 8.31. The molecule has 28 heavy (non-hydrogen) atoms. The fourth-order valence-electron chi connectivity index (χ4n) is 3.46. The van der Waals surface area contributed by atoms with E-state index in [1.807, 2.05) is 41.8 Å². The summed E-state index contributed by atoms with van der Waals surface area (Å²) in [4.78, 5) is 27.6. The van der Waals surface area contributed by atoms with Crippen LogP contribution in [0, 0.1) is 0 Å². The largest absolute Gasteiger partial charge is 0.467 e. The minimum absolute atomic E-state index is 0.173. The van der Waals surface area contributed by atoms with Gasteiger partial charge < -0.3 is 20.0 Å². The molecule has 1 aliphatic rings. The SMILES string of the molecule is O=C(NCc1cccs1)C(=O)NC[C@@H](c1ccco1)N1CCc2ccccc21. The molecular formula is C21H21N3O3S. The predicted molar refractivity (Wildman–Crippen MR) is 108 cm³/mol. The molecule has 3 heterocycles. The Balaban J connectivity index is 1.41. The van der Waals surface area contributed by atoms with Crippen LogP contribution in [-0.2, 0) is 22.6 Å². The van der Waals surface area contributed by atoms with Gasteiger partial charge in [-0.05, 0) is 41.6 Å². The number of nitrogens with one attached hydrogen (secondary N) is 2. The molecule has 0 saturated heterocycles. The van der Waals surface area contributed by atoms with E-state index < -0.39 is 11.8 Å². The molecule has 2 aromatic heterocycles. The maximum Gasteiger partial charge on any atom is 0.309 e. The summed E-state index contributed by atoms with van der Waals surface area (Å²) < 4.78 is 5.62. The molecule has 0 unspecified atom stereocenters. The first kappa shape index (κ1) is 18.3. The van der Waals surface area contributed by atoms with Gasteiger partial charge >= 0.3 is 11.8 Å². The van der Waals surface area contributed by atoms with Gasteiger partial charge in [0.15, 0.2) is 0 Å². The quantitative estimate of drug-likeness (QED) is 0.630. The average molecular weight is 395 g/mol. The highest BCUT2D eigenvalue weighted by atomic mass is 32.1. The molecule has 2 N–H and O–H groups in total. The van der Waals surface area contributed by atoms with Gasteiger partial charge in [-0.3, -0.25) is 9.59 Å². The third kappa shape index (κ3) is 3.94. The van der Waals surface area contributed by atoms with E-state index in [4.69, 9.17) is 4.42 Å². The zero-order valence-electron chi connectivity index (χ0n) is 15.3. The number of carbonyl (C=O) groups is 2. The summed E-state index contributed by atoms with van der Waals surface area (Å²) in [6.45, 7) is 1.48. The second-order valence-corrected chi connectivity index (χ2v) is 7.61. The third-order valence-electron chi connectivity index (χ3n) is 4.84. The van der Waals surface area contributed by atoms with Crippen LogP contribution in [0.4, 0.5) is 5.69 Å². The van der Waals surface area contributed by atoms with Gasteiger partial charge in [0, 0.05) is 23.7 Å². The van der Waals surface area contributed by atoms with Crippen LogP contribution in [0.3, 0.4) is 0 Å². The summed E-state index contributed by atoms with van der Waals surface area (Å²) in [7, 11) is 0. The fraction of sp³-hybridized carbons (Fsp3) is 0.238. The van der Waals surface area contributed by atoms with Crippen molar-refractivity contribution in [3.63, 3.8) is 0 Å². The molecule has 0 radical (unpaired) electrons. The number of rotatable bonds is 6. The summed E-state index contributed by atoms with van der Waals surface area (Å²) in [6, 6.07) is 15.6. The van der Waals surface area contributed by atoms with E-state index in [0.717, 1.165) is 29.3 Å². The van der Waals surface area contributed by atoms with Gasteiger partial charge in [-0.2, -0.15) is 0 Å². The van der Waals surface area contributed by atoms with E-state index in [2.05, 4.69) is 27.7 Å². The van der Waals surface area contributed by atoms with Gasteiger partial charge in [-0.1, -0.05) is 24.3 Å². The molecule has 1 atom stereocenters. The van der Waals surface area contributed by atoms with Crippen molar-refractivity contribution in [1.82, 2.24) is 10.6 Å². The number of anilines is 1. The Bertz CT molecular complexity index is 938. The molecule has 2 amide bonds. The Hall–Kier alpha value is -3.06. The van der Waals surface area contributed by atoms with E-state index >= 15 is 0 Å². The van der Waals surface area contributed by atoms with Crippen molar-refractivity contribution >= 4 is 28.8 Å². The molecule has 1 aliphatic heterocycles. The van der Waals surface area contributed by atoms with Gasteiger partial charge in [0.2, 0.25) is 0 Å². The Morgan fingerprint density at radius 2 is 1.93 bits per heavy atom. The van der Waals surface area contributed by atoms with Crippen molar-refractivity contribution in [1.29, 1.82) is 0 Å². The topological polar surface area (TPSA) is 74.6 Å². The number of furan rings is 1. The Morgan fingerprint density at radius 3 is 2.71 bits per heavy atom. The average Bonchev–Trinajstić information content (AvgIpc) is 3.48. The lowest BCUT2D eigenvalue weighted by atomic mass is 10.1. The Kier molecular flexibility index (Phi) is 5.43. The maximum absolute atomic E-state index is 12.3. The number of hydrogen-bond acceptors (Lipinski definition) is 5. The summed E-state index contributed by atoms with van der Waals surface area (Å²) >= 11 is 1.54. The molecule has 0 saturated carbocycles. The lowest BCUT2D eigenvalue weighted by Crippen LogP contribution is -2.43. The fourth-order valence-corrected chi connectivity index (χ4v) is 4.11. The van der Waals surface area contributed by atoms with Crippen LogP contribution in [0.1, 0.15) is 22.2 Å². The normalized spacial score (nSPS) is 13.8. The second-order valence-electron chi connectivity index (χ2n) is 6.58. The van der Waals surface area contributed by atoms with Gasteiger partial charge in [-0.25, -0.2) is 0 Å². The highest BCUT2D eigenvalue weighted by molar-refractivity contribution is 7.09. The van der Waals surface area contributed by atoms with E-state index in [-0.39, 0.29) is 12.6 Å². The molecule has 6 nitrogen and oxygen atoms in total.